The lowest BCUT2D eigenvalue weighted by Crippen LogP contribution is -2.62. The molecule has 0 saturated carbocycles. The molecule has 3 aromatic carbocycles. The fourth-order valence-electron chi connectivity index (χ4n) is 12.7. The van der Waals surface area contributed by atoms with Crippen molar-refractivity contribution >= 4 is 29.1 Å². The first kappa shape index (κ1) is 49.5. The van der Waals surface area contributed by atoms with Crippen LogP contribution in [0.3, 0.4) is 0 Å². The van der Waals surface area contributed by atoms with E-state index in [0.717, 1.165) is 106 Å². The molecular formula is C54H68N8O11. The summed E-state index contributed by atoms with van der Waals surface area (Å²) in [6.07, 6.45) is 6.35. The maximum absolute atomic E-state index is 15.0. The van der Waals surface area contributed by atoms with E-state index in [1.54, 1.807) is 6.20 Å². The third kappa shape index (κ3) is 9.14. The summed E-state index contributed by atoms with van der Waals surface area (Å²) < 4.78 is 31.7. The number of nitrogens with zero attached hydrogens (tertiary/aromatic N) is 6. The zero-order valence-corrected chi connectivity index (χ0v) is 41.7. The number of anilines is 2. The number of aryl methyl sites for hydroxylation is 3. The molecule has 19 heteroatoms. The predicted octanol–water partition coefficient (Wildman–Crippen LogP) is 2.83. The largest absolute Gasteiger partial charge is 0.456 e. The van der Waals surface area contributed by atoms with E-state index in [9.17, 15) is 24.9 Å². The lowest BCUT2D eigenvalue weighted by molar-refractivity contribution is -0.219. The van der Waals surface area contributed by atoms with Crippen LogP contribution >= 0.6 is 0 Å². The number of carbonyl (C=O) groups excluding carboxylic acids is 3. The van der Waals surface area contributed by atoms with Gasteiger partial charge in [-0.1, -0.05) is 23.4 Å². The van der Waals surface area contributed by atoms with Crippen molar-refractivity contribution in [2.75, 3.05) is 95.3 Å². The molecule has 5 atom stereocenters. The minimum Gasteiger partial charge on any atom is -0.456 e. The molecule has 7 aliphatic heterocycles. The van der Waals surface area contributed by atoms with Crippen molar-refractivity contribution in [1.29, 1.82) is 0 Å². The highest BCUT2D eigenvalue weighted by atomic mass is 16.5. The van der Waals surface area contributed by atoms with Crippen LogP contribution in [0.15, 0.2) is 42.6 Å². The van der Waals surface area contributed by atoms with Crippen molar-refractivity contribution in [2.24, 2.45) is 0 Å². The first-order valence-electron chi connectivity index (χ1n) is 26.4. The zero-order chi connectivity index (χ0) is 50.2. The number of aliphatic hydroxyl groups excluding tert-OH is 3. The molecule has 3 amide bonds. The summed E-state index contributed by atoms with van der Waals surface area (Å²) in [6, 6.07) is 11.9. The predicted molar refractivity (Wildman–Crippen MR) is 267 cm³/mol. The van der Waals surface area contributed by atoms with Crippen LogP contribution in [0.5, 0.6) is 11.5 Å². The minimum atomic E-state index is -1.39. The number of rotatable bonds is 19. The quantitative estimate of drug-likeness (QED) is 0.0853. The molecule has 1 fully saturated rings. The molecule has 1 spiro atoms. The fraction of sp³-hybridized carbons (Fsp3) is 0.574. The van der Waals surface area contributed by atoms with Crippen LogP contribution in [0.4, 0.5) is 11.4 Å². The summed E-state index contributed by atoms with van der Waals surface area (Å²) in [7, 11) is 0. The Labute approximate surface area is 425 Å². The van der Waals surface area contributed by atoms with Gasteiger partial charge in [0.15, 0.2) is 6.23 Å². The Balaban J connectivity index is 0.673. The van der Waals surface area contributed by atoms with E-state index in [2.05, 4.69) is 55.0 Å². The molecule has 19 nitrogen and oxygen atoms in total. The molecule has 1 saturated heterocycles. The highest BCUT2D eigenvalue weighted by Gasteiger charge is 2.58. The van der Waals surface area contributed by atoms with Crippen molar-refractivity contribution in [3.63, 3.8) is 0 Å². The van der Waals surface area contributed by atoms with E-state index in [4.69, 9.17) is 23.7 Å². The van der Waals surface area contributed by atoms with Crippen molar-refractivity contribution in [3.8, 4) is 11.5 Å². The van der Waals surface area contributed by atoms with Crippen LogP contribution in [0.2, 0.25) is 0 Å². The maximum Gasteiger partial charge on any atom is 0.255 e. The summed E-state index contributed by atoms with van der Waals surface area (Å²) in [5.74, 6) is 1.24. The van der Waals surface area contributed by atoms with Crippen LogP contribution in [0.1, 0.15) is 107 Å². The van der Waals surface area contributed by atoms with Crippen LogP contribution in [0, 0.1) is 0 Å². The Bertz CT molecular complexity index is 2630. The van der Waals surface area contributed by atoms with Gasteiger partial charge in [-0.2, -0.15) is 0 Å². The number of aromatic nitrogens is 3. The molecule has 0 bridgehead atoms. The minimum absolute atomic E-state index is 0.0333. The van der Waals surface area contributed by atoms with Crippen molar-refractivity contribution < 1.29 is 53.4 Å². The van der Waals surface area contributed by atoms with Gasteiger partial charge in [-0.25, -0.2) is 4.68 Å². The van der Waals surface area contributed by atoms with E-state index < -0.39 is 48.6 Å². The highest BCUT2D eigenvalue weighted by molar-refractivity contribution is 6.03. The van der Waals surface area contributed by atoms with Crippen LogP contribution in [-0.4, -0.2) is 163 Å². The zero-order valence-electron chi connectivity index (χ0n) is 41.7. The SMILES string of the molecule is CC(=O)NC1[C@H](O)[C@@H](O)C(CO)O[C@@H]1n1cc(CCCOCCOCCOCCC(=O)NCCN2C(=O)c3ccccc3C23c2cc4c5c(c2Oc2c3cc3c6c2CCCN6CCC3)CCCN5CCC4)nn1. The van der Waals surface area contributed by atoms with Gasteiger partial charge in [0.2, 0.25) is 11.8 Å². The van der Waals surface area contributed by atoms with Gasteiger partial charge in [-0.3, -0.25) is 14.4 Å². The summed E-state index contributed by atoms with van der Waals surface area (Å²) >= 11 is 0. The molecular weight excluding hydrogens is 937 g/mol. The third-order valence-electron chi connectivity index (χ3n) is 15.8. The lowest BCUT2D eigenvalue weighted by atomic mass is 9.70. The number of fused-ring (bicyclic) bond motifs is 8. The van der Waals surface area contributed by atoms with Gasteiger partial charge in [0, 0.05) is 98.4 Å². The Morgan fingerprint density at radius 1 is 0.808 bits per heavy atom. The average Bonchev–Trinajstić information content (AvgIpc) is 3.97. The van der Waals surface area contributed by atoms with Gasteiger partial charge < -0.3 is 64.3 Å². The van der Waals surface area contributed by atoms with E-state index >= 15 is 4.79 Å². The second-order valence-electron chi connectivity index (χ2n) is 20.4. The average molecular weight is 1010 g/mol. The topological polar surface area (TPSA) is 223 Å². The van der Waals surface area contributed by atoms with Crippen molar-refractivity contribution in [2.45, 2.75) is 114 Å². The second kappa shape index (κ2) is 21.3. The van der Waals surface area contributed by atoms with Gasteiger partial charge in [-0.05, 0) is 99.1 Å². The molecule has 0 aliphatic carbocycles. The maximum atomic E-state index is 15.0. The molecule has 0 radical (unpaired) electrons. The van der Waals surface area contributed by atoms with E-state index in [-0.39, 0.29) is 31.4 Å². The van der Waals surface area contributed by atoms with Gasteiger partial charge in [0.25, 0.3) is 5.91 Å². The van der Waals surface area contributed by atoms with E-state index in [1.165, 1.54) is 45.2 Å². The summed E-state index contributed by atoms with van der Waals surface area (Å²) in [4.78, 5) is 47.3. The summed E-state index contributed by atoms with van der Waals surface area (Å²) in [5, 5.41) is 44.5. The molecule has 2 unspecified atom stereocenters. The molecule has 390 valence electrons. The van der Waals surface area contributed by atoms with Crippen LogP contribution in [0.25, 0.3) is 0 Å². The van der Waals surface area contributed by atoms with Crippen LogP contribution in [-0.2, 0) is 66.2 Å². The molecule has 5 N–H and O–H groups in total. The molecule has 7 aliphatic rings. The smallest absolute Gasteiger partial charge is 0.255 e. The van der Waals surface area contributed by atoms with Gasteiger partial charge >= 0.3 is 0 Å². The first-order valence-corrected chi connectivity index (χ1v) is 26.4. The first-order chi connectivity index (χ1) is 35.7. The standard InChI is InChI=1S/C54H68N8O11/c1-33(64)56-45-49(67)48(66)43(32-63)72-53(45)62-31-36(57-58-62)11-8-23-69-25-27-71-28-26-70-24-16-44(65)55-17-22-61-52(68)37-12-2-3-15-40(37)54(61)41-29-34-9-4-18-59-20-6-13-38(46(34)59)50(41)73-51-39-14-7-21-60-19-5-10-35(47(39)60)30-42(51)54/h2-3,12,15,29-31,43,45,48-49,53,63,66-67H,4-11,13-14,16-28,32H2,1H3,(H,55,65)(H,56,64)/t43?,45?,48-,49-,53-/m0/s1. The molecule has 8 heterocycles. The lowest BCUT2D eigenvalue weighted by Gasteiger charge is -2.49. The van der Waals surface area contributed by atoms with Gasteiger partial charge in [-0.15, -0.1) is 5.10 Å². The number of hydrogen-bond acceptors (Lipinski definition) is 15. The fourth-order valence-corrected chi connectivity index (χ4v) is 12.7. The van der Waals surface area contributed by atoms with Gasteiger partial charge in [0.05, 0.1) is 51.5 Å². The second-order valence-corrected chi connectivity index (χ2v) is 20.4. The van der Waals surface area contributed by atoms with Gasteiger partial charge in [0.1, 0.15) is 41.4 Å². The summed E-state index contributed by atoms with van der Waals surface area (Å²) in [5.41, 5.74) is 11.4. The molecule has 1 aromatic heterocycles. The Morgan fingerprint density at radius 3 is 2.07 bits per heavy atom. The van der Waals surface area contributed by atoms with E-state index in [0.29, 0.717) is 63.7 Å². The molecule has 73 heavy (non-hydrogen) atoms. The van der Waals surface area contributed by atoms with Crippen molar-refractivity contribution in [3.05, 3.63) is 92.8 Å². The van der Waals surface area contributed by atoms with E-state index in [1.807, 2.05) is 17.0 Å². The number of hydrogen-bond donors (Lipinski definition) is 5. The van der Waals surface area contributed by atoms with Crippen LogP contribution < -0.4 is 25.2 Å². The number of carbonyl (C=O) groups is 3. The number of amides is 3. The molecule has 11 rings (SSSR count). The normalized spacial score (nSPS) is 23.0. The Morgan fingerprint density at radius 2 is 1.42 bits per heavy atom. The monoisotopic (exact) mass is 1000 g/mol. The van der Waals surface area contributed by atoms with Crippen molar-refractivity contribution in [1.82, 2.24) is 30.5 Å². The highest BCUT2D eigenvalue weighted by Crippen LogP contribution is 2.62. The molecule has 4 aromatic rings. The summed E-state index contributed by atoms with van der Waals surface area (Å²) in [6.45, 7) is 7.67. The number of benzene rings is 3. The Kier molecular flexibility index (Phi) is 14.4. The Hall–Kier alpha value is -5.67. The number of ether oxygens (including phenoxy) is 5. The third-order valence-corrected chi connectivity index (χ3v) is 15.8. The number of nitrogens with one attached hydrogen (secondary N) is 2. The number of aliphatic hydroxyl groups is 3.